The summed E-state index contributed by atoms with van der Waals surface area (Å²) in [5, 5.41) is 9.27. The van der Waals surface area contributed by atoms with Crippen LogP contribution in [0.1, 0.15) is 47.8 Å². The van der Waals surface area contributed by atoms with Gasteiger partial charge in [0.25, 0.3) is 10.0 Å². The van der Waals surface area contributed by atoms with Gasteiger partial charge in [-0.25, -0.2) is 22.9 Å². The van der Waals surface area contributed by atoms with Crippen molar-refractivity contribution in [1.82, 2.24) is 9.97 Å². The highest BCUT2D eigenvalue weighted by Crippen LogP contribution is 2.34. The summed E-state index contributed by atoms with van der Waals surface area (Å²) >= 11 is 0. The Morgan fingerprint density at radius 1 is 1.08 bits per heavy atom. The Kier molecular flexibility index (Phi) is 9.42. The highest BCUT2D eigenvalue weighted by Gasteiger charge is 2.23. The predicted octanol–water partition coefficient (Wildman–Crippen LogP) is 3.95. The van der Waals surface area contributed by atoms with Gasteiger partial charge in [-0.15, -0.1) is 0 Å². The Hall–Kier alpha value is -3.54. The molecule has 4 N–H and O–H groups in total. The van der Waals surface area contributed by atoms with Crippen LogP contribution in [-0.4, -0.2) is 54.8 Å². The number of nitrogens with zero attached hydrogens (tertiary/aromatic N) is 2. The van der Waals surface area contributed by atoms with Crippen LogP contribution in [0, 0.1) is 13.8 Å². The third-order valence-corrected chi connectivity index (χ3v) is 7.06. The number of ether oxygens (including phenoxy) is 2. The van der Waals surface area contributed by atoms with Crippen molar-refractivity contribution < 1.29 is 27.8 Å². The van der Waals surface area contributed by atoms with Crippen molar-refractivity contribution in [3.05, 3.63) is 64.7 Å². The van der Waals surface area contributed by atoms with Gasteiger partial charge in [0.15, 0.2) is 0 Å². The molecule has 2 aromatic carbocycles. The Morgan fingerprint density at radius 2 is 1.74 bits per heavy atom. The normalized spacial score (nSPS) is 12.4. The topological polar surface area (TPSA) is 154 Å². The van der Waals surface area contributed by atoms with E-state index in [1.807, 2.05) is 52.8 Å². The van der Waals surface area contributed by atoms with Crippen molar-refractivity contribution >= 4 is 21.9 Å². The van der Waals surface area contributed by atoms with E-state index in [1.54, 1.807) is 0 Å². The SMILES string of the molecule is CCc1c(OC[C@H](N)COC(C)C)nc(NS(=O)(=O)c2cccc(C(=O)O)c2)nc1-c1c(C)cccc1C. The second kappa shape index (κ2) is 12.3. The van der Waals surface area contributed by atoms with Gasteiger partial charge in [0.2, 0.25) is 11.8 Å². The Balaban J connectivity index is 2.08. The highest BCUT2D eigenvalue weighted by atomic mass is 32.2. The first-order chi connectivity index (χ1) is 17.9. The van der Waals surface area contributed by atoms with E-state index in [1.165, 1.54) is 18.2 Å². The molecular weight excluding hydrogens is 508 g/mol. The van der Waals surface area contributed by atoms with Crippen LogP contribution in [0.15, 0.2) is 47.4 Å². The second-order valence-electron chi connectivity index (χ2n) is 9.19. The molecule has 0 unspecified atom stereocenters. The summed E-state index contributed by atoms with van der Waals surface area (Å²) in [6, 6.07) is 10.4. The number of nitrogens with two attached hydrogens (primary N) is 1. The summed E-state index contributed by atoms with van der Waals surface area (Å²) < 4.78 is 40.3. The number of rotatable bonds is 12. The summed E-state index contributed by atoms with van der Waals surface area (Å²) in [5.74, 6) is -1.24. The van der Waals surface area contributed by atoms with Gasteiger partial charge in [-0.2, -0.15) is 4.98 Å². The molecule has 3 aromatic rings. The average molecular weight is 543 g/mol. The average Bonchev–Trinajstić information content (AvgIpc) is 2.85. The number of benzene rings is 2. The van der Waals surface area contributed by atoms with Crippen molar-refractivity contribution in [1.29, 1.82) is 0 Å². The van der Waals surface area contributed by atoms with Crippen LogP contribution in [-0.2, 0) is 21.2 Å². The summed E-state index contributed by atoms with van der Waals surface area (Å²) in [7, 11) is -4.21. The number of anilines is 1. The van der Waals surface area contributed by atoms with E-state index in [2.05, 4.69) is 14.7 Å². The molecule has 0 radical (unpaired) electrons. The Morgan fingerprint density at radius 3 is 2.34 bits per heavy atom. The van der Waals surface area contributed by atoms with Crippen molar-refractivity contribution in [3.63, 3.8) is 0 Å². The lowest BCUT2D eigenvalue weighted by Crippen LogP contribution is -2.34. The van der Waals surface area contributed by atoms with Crippen LogP contribution >= 0.6 is 0 Å². The molecule has 11 heteroatoms. The highest BCUT2D eigenvalue weighted by molar-refractivity contribution is 7.92. The van der Waals surface area contributed by atoms with Gasteiger partial charge in [0.1, 0.15) is 6.61 Å². The van der Waals surface area contributed by atoms with E-state index < -0.39 is 22.0 Å². The van der Waals surface area contributed by atoms with E-state index in [-0.39, 0.29) is 41.6 Å². The molecule has 0 amide bonds. The molecule has 38 heavy (non-hydrogen) atoms. The van der Waals surface area contributed by atoms with Crippen LogP contribution in [0.4, 0.5) is 5.95 Å². The van der Waals surface area contributed by atoms with Crippen LogP contribution in [0.2, 0.25) is 0 Å². The first kappa shape index (κ1) is 29.0. The minimum Gasteiger partial charge on any atom is -0.478 e. The van der Waals surface area contributed by atoms with Crippen molar-refractivity contribution in [3.8, 4) is 17.1 Å². The molecule has 0 aliphatic rings. The molecule has 10 nitrogen and oxygen atoms in total. The zero-order valence-corrected chi connectivity index (χ0v) is 23.0. The van der Waals surface area contributed by atoms with Gasteiger partial charge in [-0.05, 0) is 63.4 Å². The third-order valence-electron chi connectivity index (χ3n) is 5.74. The van der Waals surface area contributed by atoms with Gasteiger partial charge >= 0.3 is 5.97 Å². The van der Waals surface area contributed by atoms with Crippen LogP contribution in [0.25, 0.3) is 11.3 Å². The largest absolute Gasteiger partial charge is 0.478 e. The van der Waals surface area contributed by atoms with Crippen molar-refractivity contribution in [2.75, 3.05) is 17.9 Å². The lowest BCUT2D eigenvalue weighted by molar-refractivity contribution is 0.0582. The molecule has 3 rings (SSSR count). The molecule has 0 fully saturated rings. The summed E-state index contributed by atoms with van der Waals surface area (Å²) in [6.07, 6.45) is 0.534. The minimum atomic E-state index is -4.21. The van der Waals surface area contributed by atoms with Gasteiger partial charge in [0.05, 0.1) is 34.9 Å². The molecule has 0 aliphatic heterocycles. The first-order valence-corrected chi connectivity index (χ1v) is 13.7. The fourth-order valence-corrected chi connectivity index (χ4v) is 4.86. The predicted molar refractivity (Wildman–Crippen MR) is 145 cm³/mol. The van der Waals surface area contributed by atoms with E-state index >= 15 is 0 Å². The Labute approximate surface area is 223 Å². The number of nitrogens with one attached hydrogen (secondary N) is 1. The standard InChI is InChI=1S/C27H34N4O6S/c1-6-22-24(23-17(4)9-7-10-18(23)5)29-27(30-25(22)37-15-20(28)14-36-16(2)3)31-38(34,35)21-12-8-11-19(13-21)26(32)33/h7-13,16,20H,6,14-15,28H2,1-5H3,(H,32,33)(H,29,30,31)/t20-/m1/s1. The maximum absolute atomic E-state index is 13.2. The molecule has 0 saturated carbocycles. The molecule has 0 saturated heterocycles. The number of aromatic carboxylic acids is 1. The van der Waals surface area contributed by atoms with E-state index in [4.69, 9.17) is 15.2 Å². The van der Waals surface area contributed by atoms with Gasteiger partial charge in [-0.3, -0.25) is 0 Å². The fraction of sp³-hybridized carbons (Fsp3) is 0.370. The Bertz CT molecular complexity index is 1390. The third kappa shape index (κ3) is 7.06. The number of aromatic nitrogens is 2. The zero-order valence-electron chi connectivity index (χ0n) is 22.2. The zero-order chi connectivity index (χ0) is 28.0. The fourth-order valence-electron chi connectivity index (χ4n) is 3.87. The second-order valence-corrected chi connectivity index (χ2v) is 10.9. The number of carboxylic acids is 1. The molecule has 0 spiro atoms. The molecular formula is C27H34N4O6S. The minimum absolute atomic E-state index is 0.0163. The maximum atomic E-state index is 13.2. The number of carboxylic acid groups (broad SMARTS) is 1. The van der Waals surface area contributed by atoms with Crippen molar-refractivity contribution in [2.24, 2.45) is 5.73 Å². The molecule has 1 aromatic heterocycles. The number of sulfonamides is 1. The van der Waals surface area contributed by atoms with Gasteiger partial charge < -0.3 is 20.3 Å². The van der Waals surface area contributed by atoms with E-state index in [0.717, 1.165) is 22.8 Å². The number of aryl methyl sites for hydroxylation is 2. The number of carbonyl (C=O) groups is 1. The molecule has 0 aliphatic carbocycles. The lowest BCUT2D eigenvalue weighted by atomic mass is 9.96. The molecule has 1 atom stereocenters. The van der Waals surface area contributed by atoms with Gasteiger partial charge in [0, 0.05) is 11.1 Å². The number of hydrogen-bond acceptors (Lipinski definition) is 8. The molecule has 0 bridgehead atoms. The van der Waals surface area contributed by atoms with E-state index in [0.29, 0.717) is 17.7 Å². The monoisotopic (exact) mass is 542 g/mol. The van der Waals surface area contributed by atoms with E-state index in [9.17, 15) is 18.3 Å². The summed E-state index contributed by atoms with van der Waals surface area (Å²) in [6.45, 7) is 10.0. The lowest BCUT2D eigenvalue weighted by Gasteiger charge is -2.20. The molecule has 204 valence electrons. The van der Waals surface area contributed by atoms with Crippen LogP contribution in [0.5, 0.6) is 5.88 Å². The van der Waals surface area contributed by atoms with Crippen molar-refractivity contribution in [2.45, 2.75) is 58.1 Å². The maximum Gasteiger partial charge on any atom is 0.335 e. The first-order valence-electron chi connectivity index (χ1n) is 12.3. The van der Waals surface area contributed by atoms with Gasteiger partial charge in [-0.1, -0.05) is 31.2 Å². The van der Waals surface area contributed by atoms with Crippen LogP contribution in [0.3, 0.4) is 0 Å². The molecule has 1 heterocycles. The number of hydrogen-bond donors (Lipinski definition) is 3. The smallest absolute Gasteiger partial charge is 0.335 e. The summed E-state index contributed by atoms with van der Waals surface area (Å²) in [5.41, 5.74) is 9.99. The quantitative estimate of drug-likeness (QED) is 0.309. The summed E-state index contributed by atoms with van der Waals surface area (Å²) in [4.78, 5) is 20.1. The van der Waals surface area contributed by atoms with Crippen LogP contribution < -0.4 is 15.2 Å².